The highest BCUT2D eigenvalue weighted by atomic mass is 35.5. The number of anilines is 2. The largest absolute Gasteiger partial charge is 0.479 e. The van der Waals surface area contributed by atoms with Gasteiger partial charge in [-0.15, -0.1) is 0 Å². The number of hydrogen-bond acceptors (Lipinski definition) is 7. The zero-order chi connectivity index (χ0) is 26.7. The molecule has 2 aliphatic rings. The second kappa shape index (κ2) is 11.2. The minimum absolute atomic E-state index is 0.0694. The Bertz CT molecular complexity index is 1160. The average molecular weight is 561 g/mol. The predicted octanol–water partition coefficient (Wildman–Crippen LogP) is 3.82. The van der Waals surface area contributed by atoms with Gasteiger partial charge >= 0.3 is 6.18 Å². The SMILES string of the molecule is C[C@@H](Nc1nc(N2CCN(C(=O)[C@H]3CCC(=O)N3)CC2)ncc1OCC(F)(F)F)c1ccc(Cl)cc1Cl. The van der Waals surface area contributed by atoms with Crippen molar-refractivity contribution < 1.29 is 27.5 Å². The third-order valence-electron chi connectivity index (χ3n) is 6.08. The van der Waals surface area contributed by atoms with Crippen LogP contribution in [0.1, 0.15) is 31.4 Å². The maximum absolute atomic E-state index is 12.8. The molecule has 200 valence electrons. The number of halogens is 5. The third kappa shape index (κ3) is 6.86. The van der Waals surface area contributed by atoms with Crippen LogP contribution in [0.5, 0.6) is 5.75 Å². The fourth-order valence-corrected chi connectivity index (χ4v) is 4.74. The van der Waals surface area contributed by atoms with Gasteiger partial charge in [0.15, 0.2) is 18.2 Å². The van der Waals surface area contributed by atoms with Gasteiger partial charge in [-0.05, 0) is 31.0 Å². The molecule has 0 aliphatic carbocycles. The molecule has 2 amide bonds. The number of nitrogens with one attached hydrogen (secondary N) is 2. The Morgan fingerprint density at radius 2 is 2.00 bits per heavy atom. The predicted molar refractivity (Wildman–Crippen MR) is 132 cm³/mol. The van der Waals surface area contributed by atoms with Gasteiger partial charge in [-0.25, -0.2) is 4.98 Å². The van der Waals surface area contributed by atoms with Crippen LogP contribution in [0.4, 0.5) is 24.9 Å². The highest BCUT2D eigenvalue weighted by Crippen LogP contribution is 2.32. The van der Waals surface area contributed by atoms with Crippen molar-refractivity contribution in [1.82, 2.24) is 20.2 Å². The number of ether oxygens (including phenoxy) is 1. The van der Waals surface area contributed by atoms with E-state index in [2.05, 4.69) is 20.6 Å². The number of aromatic nitrogens is 2. The molecule has 0 radical (unpaired) electrons. The highest BCUT2D eigenvalue weighted by Gasteiger charge is 2.33. The first-order valence-corrected chi connectivity index (χ1v) is 12.4. The van der Waals surface area contributed by atoms with Gasteiger partial charge in [-0.1, -0.05) is 29.3 Å². The van der Waals surface area contributed by atoms with Crippen LogP contribution in [-0.4, -0.2) is 71.7 Å². The Morgan fingerprint density at radius 3 is 2.62 bits per heavy atom. The van der Waals surface area contributed by atoms with Crippen molar-refractivity contribution in [1.29, 1.82) is 0 Å². The van der Waals surface area contributed by atoms with Crippen LogP contribution < -0.4 is 20.3 Å². The van der Waals surface area contributed by atoms with Gasteiger partial charge in [-0.3, -0.25) is 9.59 Å². The molecule has 0 unspecified atom stereocenters. The molecule has 2 saturated heterocycles. The lowest BCUT2D eigenvalue weighted by molar-refractivity contribution is -0.153. The summed E-state index contributed by atoms with van der Waals surface area (Å²) in [5.74, 6) is -0.0769. The smallest absolute Gasteiger partial charge is 0.422 e. The molecule has 14 heteroatoms. The van der Waals surface area contributed by atoms with E-state index in [-0.39, 0.29) is 29.3 Å². The average Bonchev–Trinajstić information content (AvgIpc) is 3.28. The van der Waals surface area contributed by atoms with E-state index in [1.165, 1.54) is 6.20 Å². The quantitative estimate of drug-likeness (QED) is 0.531. The number of carbonyl (C=O) groups excluding carboxylic acids is 2. The van der Waals surface area contributed by atoms with Crippen LogP contribution in [0.15, 0.2) is 24.4 Å². The summed E-state index contributed by atoms with van der Waals surface area (Å²) in [5, 5.41) is 6.59. The molecule has 9 nitrogen and oxygen atoms in total. The van der Waals surface area contributed by atoms with Crippen LogP contribution in [0, 0.1) is 0 Å². The van der Waals surface area contributed by atoms with Gasteiger partial charge in [0, 0.05) is 42.6 Å². The Kier molecular flexibility index (Phi) is 8.17. The molecular weight excluding hydrogens is 536 g/mol. The molecule has 2 fully saturated rings. The van der Waals surface area contributed by atoms with E-state index in [1.54, 1.807) is 30.0 Å². The van der Waals surface area contributed by atoms with Crippen molar-refractivity contribution in [2.75, 3.05) is 43.0 Å². The minimum Gasteiger partial charge on any atom is -0.479 e. The minimum atomic E-state index is -4.54. The normalized spacial score (nSPS) is 19.0. The monoisotopic (exact) mass is 560 g/mol. The highest BCUT2D eigenvalue weighted by molar-refractivity contribution is 6.35. The number of piperazine rings is 1. The summed E-state index contributed by atoms with van der Waals surface area (Å²) in [7, 11) is 0. The van der Waals surface area contributed by atoms with Crippen molar-refractivity contribution in [3.05, 3.63) is 40.0 Å². The summed E-state index contributed by atoms with van der Waals surface area (Å²) in [5.41, 5.74) is 0.666. The fraction of sp³-hybridized carbons (Fsp3) is 0.478. The summed E-state index contributed by atoms with van der Waals surface area (Å²) < 4.78 is 43.4. The molecule has 1 aromatic heterocycles. The molecule has 0 spiro atoms. The topological polar surface area (TPSA) is 99.7 Å². The first-order chi connectivity index (χ1) is 17.5. The summed E-state index contributed by atoms with van der Waals surface area (Å²) in [6.07, 6.45) is -2.53. The maximum atomic E-state index is 12.8. The molecule has 2 aliphatic heterocycles. The first kappa shape index (κ1) is 27.1. The number of carbonyl (C=O) groups is 2. The maximum Gasteiger partial charge on any atom is 0.422 e. The lowest BCUT2D eigenvalue weighted by Gasteiger charge is -2.36. The molecule has 2 aromatic rings. The molecule has 3 heterocycles. The van der Waals surface area contributed by atoms with Crippen LogP contribution in [0.25, 0.3) is 0 Å². The van der Waals surface area contributed by atoms with E-state index in [4.69, 9.17) is 27.9 Å². The standard InChI is InChI=1S/C23H25Cl2F3N6O3/c1-13(15-3-2-14(24)10-16(15)25)30-20-18(37-12-23(26,27)28)11-29-22(32-20)34-8-6-33(7-9-34)21(36)17-4-5-19(35)31-17/h2-3,10-11,13,17H,4-9,12H2,1H3,(H,31,35)(H,29,30,32)/t13-,17-/m1/s1. The number of hydrogen-bond donors (Lipinski definition) is 2. The number of nitrogens with zero attached hydrogens (tertiary/aromatic N) is 4. The summed E-state index contributed by atoms with van der Waals surface area (Å²) in [6, 6.07) is 3.99. The third-order valence-corrected chi connectivity index (χ3v) is 6.65. The Hall–Kier alpha value is -2.99. The zero-order valence-electron chi connectivity index (χ0n) is 19.8. The second-order valence-corrected chi connectivity index (χ2v) is 9.63. The molecule has 1 aromatic carbocycles. The van der Waals surface area contributed by atoms with Gasteiger partial charge in [0.25, 0.3) is 0 Å². The van der Waals surface area contributed by atoms with Crippen LogP contribution in [0.2, 0.25) is 10.0 Å². The molecule has 0 saturated carbocycles. The van der Waals surface area contributed by atoms with E-state index in [0.717, 1.165) is 0 Å². The van der Waals surface area contributed by atoms with Gasteiger partial charge in [-0.2, -0.15) is 18.2 Å². The fourth-order valence-electron chi connectivity index (χ4n) is 4.16. The van der Waals surface area contributed by atoms with Crippen molar-refractivity contribution in [2.45, 2.75) is 38.0 Å². The van der Waals surface area contributed by atoms with Gasteiger partial charge in [0.1, 0.15) is 6.04 Å². The van der Waals surface area contributed by atoms with E-state index in [9.17, 15) is 22.8 Å². The van der Waals surface area contributed by atoms with E-state index in [1.807, 2.05) is 4.90 Å². The van der Waals surface area contributed by atoms with E-state index >= 15 is 0 Å². The van der Waals surface area contributed by atoms with Crippen molar-refractivity contribution in [2.24, 2.45) is 0 Å². The number of rotatable bonds is 7. The summed E-state index contributed by atoms with van der Waals surface area (Å²) >= 11 is 12.3. The zero-order valence-corrected chi connectivity index (χ0v) is 21.3. The summed E-state index contributed by atoms with van der Waals surface area (Å²) in [4.78, 5) is 36.3. The molecule has 2 N–H and O–H groups in total. The van der Waals surface area contributed by atoms with Crippen LogP contribution >= 0.6 is 23.2 Å². The molecule has 37 heavy (non-hydrogen) atoms. The van der Waals surface area contributed by atoms with Crippen molar-refractivity contribution in [3.8, 4) is 5.75 Å². The number of amides is 2. The Balaban J connectivity index is 1.49. The van der Waals surface area contributed by atoms with Crippen LogP contribution in [0.3, 0.4) is 0 Å². The lowest BCUT2D eigenvalue weighted by atomic mass is 10.1. The van der Waals surface area contributed by atoms with Crippen molar-refractivity contribution in [3.63, 3.8) is 0 Å². The second-order valence-electron chi connectivity index (χ2n) is 8.79. The van der Waals surface area contributed by atoms with Gasteiger partial charge in [0.2, 0.25) is 17.8 Å². The number of benzene rings is 1. The lowest BCUT2D eigenvalue weighted by Crippen LogP contribution is -2.53. The van der Waals surface area contributed by atoms with Gasteiger partial charge < -0.3 is 25.2 Å². The van der Waals surface area contributed by atoms with E-state index in [0.29, 0.717) is 54.6 Å². The molecule has 0 bridgehead atoms. The van der Waals surface area contributed by atoms with Gasteiger partial charge in [0.05, 0.1) is 12.2 Å². The molecule has 2 atom stereocenters. The molecule has 4 rings (SSSR count). The first-order valence-electron chi connectivity index (χ1n) is 11.6. The summed E-state index contributed by atoms with van der Waals surface area (Å²) in [6.45, 7) is 1.87. The number of alkyl halides is 3. The Morgan fingerprint density at radius 1 is 1.27 bits per heavy atom. The molecular formula is C23H25Cl2F3N6O3. The van der Waals surface area contributed by atoms with E-state index < -0.39 is 24.9 Å². The van der Waals surface area contributed by atoms with Crippen LogP contribution in [-0.2, 0) is 9.59 Å². The van der Waals surface area contributed by atoms with Crippen molar-refractivity contribution >= 4 is 46.8 Å². The Labute approximate surface area is 221 Å².